The van der Waals surface area contributed by atoms with Crippen LogP contribution in [0.1, 0.15) is 16.1 Å². The van der Waals surface area contributed by atoms with Crippen molar-refractivity contribution in [3.63, 3.8) is 0 Å². The molecule has 3 aromatic carbocycles. The van der Waals surface area contributed by atoms with Gasteiger partial charge in [-0.05, 0) is 34.9 Å². The van der Waals surface area contributed by atoms with Gasteiger partial charge in [0.1, 0.15) is 0 Å². The van der Waals surface area contributed by atoms with Crippen molar-refractivity contribution in [2.24, 2.45) is 0 Å². The van der Waals surface area contributed by atoms with Gasteiger partial charge in [-0.2, -0.15) is 0 Å². The molecule has 4 rings (SSSR count). The number of rotatable bonds is 2. The van der Waals surface area contributed by atoms with E-state index < -0.39 is 0 Å². The van der Waals surface area contributed by atoms with Gasteiger partial charge in [0.15, 0.2) is 0 Å². The summed E-state index contributed by atoms with van der Waals surface area (Å²) < 4.78 is 1.31. The first kappa shape index (κ1) is 12.5. The zero-order valence-corrected chi connectivity index (χ0v) is 12.7. The normalized spacial score (nSPS) is 11.3. The molecular formula is C19H15NS. The lowest BCUT2D eigenvalue weighted by Crippen LogP contribution is -1.86. The van der Waals surface area contributed by atoms with Crippen molar-refractivity contribution in [3.8, 4) is 0 Å². The molecule has 0 aliphatic carbocycles. The molecule has 21 heavy (non-hydrogen) atoms. The highest BCUT2D eigenvalue weighted by atomic mass is 32.1. The van der Waals surface area contributed by atoms with Crippen LogP contribution < -0.4 is 0 Å². The molecule has 0 aliphatic heterocycles. The smallest absolute Gasteiger partial charge is 0.0982 e. The maximum atomic E-state index is 4.77. The summed E-state index contributed by atoms with van der Waals surface area (Å²) in [4.78, 5) is 4.77. The van der Waals surface area contributed by atoms with Gasteiger partial charge >= 0.3 is 0 Å². The van der Waals surface area contributed by atoms with Crippen molar-refractivity contribution in [2.75, 3.05) is 0 Å². The fourth-order valence-corrected chi connectivity index (χ4v) is 3.80. The van der Waals surface area contributed by atoms with Crippen LogP contribution in [0.4, 0.5) is 0 Å². The van der Waals surface area contributed by atoms with Crippen molar-refractivity contribution >= 4 is 32.3 Å². The van der Waals surface area contributed by atoms with Crippen molar-refractivity contribution in [1.29, 1.82) is 0 Å². The number of aryl methyl sites for hydroxylation is 1. The van der Waals surface area contributed by atoms with E-state index in [1.165, 1.54) is 31.6 Å². The van der Waals surface area contributed by atoms with Gasteiger partial charge in [0.25, 0.3) is 0 Å². The molecule has 1 heterocycles. The topological polar surface area (TPSA) is 12.9 Å². The van der Waals surface area contributed by atoms with Gasteiger partial charge in [-0.15, -0.1) is 11.3 Å². The summed E-state index contributed by atoms with van der Waals surface area (Å²) in [6.45, 7) is 2.15. The summed E-state index contributed by atoms with van der Waals surface area (Å²) in [5.74, 6) is 0. The van der Waals surface area contributed by atoms with E-state index in [4.69, 9.17) is 4.98 Å². The van der Waals surface area contributed by atoms with Crippen LogP contribution in [0, 0.1) is 6.92 Å². The Labute approximate surface area is 127 Å². The van der Waals surface area contributed by atoms with Crippen molar-refractivity contribution in [2.45, 2.75) is 13.3 Å². The highest BCUT2D eigenvalue weighted by molar-refractivity contribution is 7.18. The van der Waals surface area contributed by atoms with Crippen LogP contribution in [-0.2, 0) is 6.42 Å². The molecule has 1 aromatic heterocycles. The molecular weight excluding hydrogens is 274 g/mol. The van der Waals surface area contributed by atoms with E-state index in [2.05, 4.69) is 67.6 Å². The fourth-order valence-electron chi connectivity index (χ4n) is 2.73. The molecule has 1 nitrogen and oxygen atoms in total. The van der Waals surface area contributed by atoms with Gasteiger partial charge in [-0.3, -0.25) is 0 Å². The molecule has 0 bridgehead atoms. The van der Waals surface area contributed by atoms with E-state index in [-0.39, 0.29) is 0 Å². The molecule has 0 N–H and O–H groups in total. The second kappa shape index (κ2) is 4.97. The molecule has 0 saturated carbocycles. The number of benzene rings is 3. The summed E-state index contributed by atoms with van der Waals surface area (Å²) in [7, 11) is 0. The molecule has 0 atom stereocenters. The SMILES string of the molecule is Cc1cccc2nc(Cc3ccc4ccccc4c3)sc12. The molecule has 0 fully saturated rings. The fraction of sp³-hybridized carbons (Fsp3) is 0.105. The zero-order valence-electron chi connectivity index (χ0n) is 11.8. The number of thiazole rings is 1. The minimum absolute atomic E-state index is 0.906. The third-order valence-corrected chi connectivity index (χ3v) is 5.03. The van der Waals surface area contributed by atoms with E-state index in [1.54, 1.807) is 0 Å². The standard InChI is InChI=1S/C19H15NS/c1-13-5-4-8-17-19(13)21-18(20-17)12-14-9-10-15-6-2-3-7-16(15)11-14/h2-11H,12H2,1H3. The summed E-state index contributed by atoms with van der Waals surface area (Å²) >= 11 is 1.81. The lowest BCUT2D eigenvalue weighted by atomic mass is 10.1. The molecule has 0 spiro atoms. The molecule has 102 valence electrons. The van der Waals surface area contributed by atoms with Crippen LogP contribution in [0.5, 0.6) is 0 Å². The Kier molecular flexibility index (Phi) is 2.97. The molecule has 4 aromatic rings. The second-order valence-corrected chi connectivity index (χ2v) is 6.47. The van der Waals surface area contributed by atoms with Gasteiger partial charge in [0, 0.05) is 6.42 Å². The number of aromatic nitrogens is 1. The van der Waals surface area contributed by atoms with E-state index in [0.29, 0.717) is 0 Å². The highest BCUT2D eigenvalue weighted by Gasteiger charge is 2.07. The summed E-state index contributed by atoms with van der Waals surface area (Å²) in [5.41, 5.74) is 3.76. The van der Waals surface area contributed by atoms with E-state index >= 15 is 0 Å². The first-order valence-corrected chi connectivity index (χ1v) is 7.94. The monoisotopic (exact) mass is 289 g/mol. The number of hydrogen-bond acceptors (Lipinski definition) is 2. The van der Waals surface area contributed by atoms with Crippen LogP contribution in [0.2, 0.25) is 0 Å². The van der Waals surface area contributed by atoms with Crippen LogP contribution in [0.3, 0.4) is 0 Å². The lowest BCUT2D eigenvalue weighted by molar-refractivity contribution is 1.16. The molecule has 0 aliphatic rings. The third kappa shape index (κ3) is 2.32. The molecule has 0 unspecified atom stereocenters. The van der Waals surface area contributed by atoms with Gasteiger partial charge < -0.3 is 0 Å². The highest BCUT2D eigenvalue weighted by Crippen LogP contribution is 2.27. The zero-order chi connectivity index (χ0) is 14.2. The number of nitrogens with zero attached hydrogens (tertiary/aromatic N) is 1. The second-order valence-electron chi connectivity index (χ2n) is 5.39. The predicted octanol–water partition coefficient (Wildman–Crippen LogP) is 5.35. The van der Waals surface area contributed by atoms with Crippen molar-refractivity contribution in [3.05, 3.63) is 76.8 Å². The Balaban J connectivity index is 1.73. The summed E-state index contributed by atoms with van der Waals surface area (Å²) in [6, 6.07) is 21.5. The minimum atomic E-state index is 0.906. The largest absolute Gasteiger partial charge is 0.241 e. The number of hydrogen-bond donors (Lipinski definition) is 0. The van der Waals surface area contributed by atoms with E-state index in [0.717, 1.165) is 11.9 Å². The average molecular weight is 289 g/mol. The van der Waals surface area contributed by atoms with Crippen molar-refractivity contribution in [1.82, 2.24) is 4.98 Å². The first-order valence-electron chi connectivity index (χ1n) is 7.12. The van der Waals surface area contributed by atoms with Gasteiger partial charge in [-0.25, -0.2) is 4.98 Å². The predicted molar refractivity (Wildman–Crippen MR) is 91.1 cm³/mol. The Morgan fingerprint density at radius 3 is 2.62 bits per heavy atom. The van der Waals surface area contributed by atoms with Gasteiger partial charge in [-0.1, -0.05) is 54.6 Å². The first-order chi connectivity index (χ1) is 10.3. The Bertz CT molecular complexity index is 937. The maximum absolute atomic E-state index is 4.77. The van der Waals surface area contributed by atoms with E-state index in [9.17, 15) is 0 Å². The van der Waals surface area contributed by atoms with Crippen LogP contribution in [-0.4, -0.2) is 4.98 Å². The van der Waals surface area contributed by atoms with E-state index in [1.807, 2.05) is 11.3 Å². The lowest BCUT2D eigenvalue weighted by Gasteiger charge is -2.01. The molecule has 0 radical (unpaired) electrons. The van der Waals surface area contributed by atoms with Crippen LogP contribution in [0.25, 0.3) is 21.0 Å². The molecule has 2 heteroatoms. The quantitative estimate of drug-likeness (QED) is 0.485. The third-order valence-electron chi connectivity index (χ3n) is 3.83. The van der Waals surface area contributed by atoms with Gasteiger partial charge in [0.2, 0.25) is 0 Å². The Hall–Kier alpha value is -2.19. The molecule has 0 saturated heterocycles. The van der Waals surface area contributed by atoms with Gasteiger partial charge in [0.05, 0.1) is 15.2 Å². The summed E-state index contributed by atoms with van der Waals surface area (Å²) in [6.07, 6.45) is 0.906. The van der Waals surface area contributed by atoms with Crippen LogP contribution in [0.15, 0.2) is 60.7 Å². The minimum Gasteiger partial charge on any atom is -0.241 e. The average Bonchev–Trinajstić information content (AvgIpc) is 2.91. The Morgan fingerprint density at radius 2 is 1.76 bits per heavy atom. The maximum Gasteiger partial charge on any atom is 0.0982 e. The van der Waals surface area contributed by atoms with Crippen LogP contribution >= 0.6 is 11.3 Å². The van der Waals surface area contributed by atoms with Crippen molar-refractivity contribution < 1.29 is 0 Å². The Morgan fingerprint density at radius 1 is 0.905 bits per heavy atom. The summed E-state index contributed by atoms with van der Waals surface area (Å²) in [5, 5.41) is 3.78. The molecule has 0 amide bonds. The number of fused-ring (bicyclic) bond motifs is 2.